The maximum absolute atomic E-state index is 13.1. The smallest absolute Gasteiger partial charge is 0.416 e. The van der Waals surface area contributed by atoms with E-state index in [2.05, 4.69) is 23.2 Å². The number of alkyl halides is 3. The van der Waals surface area contributed by atoms with Gasteiger partial charge in [-0.2, -0.15) is 13.2 Å². The van der Waals surface area contributed by atoms with Gasteiger partial charge in [0.2, 0.25) is 5.89 Å². The van der Waals surface area contributed by atoms with Crippen molar-refractivity contribution < 1.29 is 17.6 Å². The third kappa shape index (κ3) is 4.64. The predicted molar refractivity (Wildman–Crippen MR) is 141 cm³/mol. The second kappa shape index (κ2) is 9.10. The fourth-order valence-electron chi connectivity index (χ4n) is 4.41. The van der Waals surface area contributed by atoms with Crippen molar-refractivity contribution in [2.24, 2.45) is 0 Å². The summed E-state index contributed by atoms with van der Waals surface area (Å²) in [6.07, 6.45) is -4.36. The molecule has 1 aromatic heterocycles. The SMILES string of the molecule is FC(F)(F)c1cccc(-c2ccc(-c3ccc(-c4cccc(-c5nc6ccccc6o5)c4)cc3)cc2)c1. The summed E-state index contributed by atoms with van der Waals surface area (Å²) in [7, 11) is 0. The van der Waals surface area contributed by atoms with Crippen LogP contribution in [0, 0.1) is 0 Å². The molecule has 0 bridgehead atoms. The van der Waals surface area contributed by atoms with Gasteiger partial charge in [0, 0.05) is 5.56 Å². The minimum Gasteiger partial charge on any atom is -0.436 e. The van der Waals surface area contributed by atoms with E-state index in [1.807, 2.05) is 78.9 Å². The third-order valence-electron chi connectivity index (χ3n) is 6.36. The quantitative estimate of drug-likeness (QED) is 0.245. The molecule has 5 aromatic carbocycles. The highest BCUT2D eigenvalue weighted by Crippen LogP contribution is 2.34. The van der Waals surface area contributed by atoms with E-state index in [0.29, 0.717) is 11.5 Å². The summed E-state index contributed by atoms with van der Waals surface area (Å²) < 4.78 is 45.1. The van der Waals surface area contributed by atoms with Gasteiger partial charge in [0.05, 0.1) is 5.56 Å². The normalized spacial score (nSPS) is 11.6. The van der Waals surface area contributed by atoms with Crippen molar-refractivity contribution in [3.05, 3.63) is 127 Å². The molecule has 0 radical (unpaired) electrons. The van der Waals surface area contributed by atoms with E-state index in [1.54, 1.807) is 6.07 Å². The summed E-state index contributed by atoms with van der Waals surface area (Å²) in [4.78, 5) is 4.59. The molecule has 0 N–H and O–H groups in total. The number of fused-ring (bicyclic) bond motifs is 1. The van der Waals surface area contributed by atoms with Gasteiger partial charge in [0.15, 0.2) is 5.58 Å². The zero-order valence-corrected chi connectivity index (χ0v) is 19.5. The van der Waals surface area contributed by atoms with Crippen LogP contribution in [0.3, 0.4) is 0 Å². The Labute approximate surface area is 211 Å². The Kier molecular flexibility index (Phi) is 5.61. The van der Waals surface area contributed by atoms with Crippen LogP contribution >= 0.6 is 0 Å². The first-order valence-corrected chi connectivity index (χ1v) is 11.8. The van der Waals surface area contributed by atoms with Crippen molar-refractivity contribution in [1.82, 2.24) is 4.98 Å². The molecule has 2 nitrogen and oxygen atoms in total. The molecule has 37 heavy (non-hydrogen) atoms. The standard InChI is InChI=1S/C32H20F3NO/c33-32(34,35)28-8-4-6-26(20-28)24-17-13-22(14-18-24)21-11-15-23(16-12-21)25-5-3-7-27(19-25)31-36-29-9-1-2-10-30(29)37-31/h1-20H. The number of para-hydroxylation sites is 2. The molecule has 0 saturated heterocycles. The summed E-state index contributed by atoms with van der Waals surface area (Å²) in [6.45, 7) is 0. The number of rotatable bonds is 4. The molecule has 6 aromatic rings. The third-order valence-corrected chi connectivity index (χ3v) is 6.36. The fourth-order valence-corrected chi connectivity index (χ4v) is 4.41. The van der Waals surface area contributed by atoms with Crippen LogP contribution in [0.5, 0.6) is 0 Å². The Morgan fingerprint density at radius 3 is 1.59 bits per heavy atom. The average molecular weight is 492 g/mol. The maximum atomic E-state index is 13.1. The second-order valence-corrected chi connectivity index (χ2v) is 8.80. The summed E-state index contributed by atoms with van der Waals surface area (Å²) >= 11 is 0. The molecule has 0 fully saturated rings. The highest BCUT2D eigenvalue weighted by Gasteiger charge is 2.30. The van der Waals surface area contributed by atoms with Gasteiger partial charge in [0.1, 0.15) is 5.52 Å². The van der Waals surface area contributed by atoms with Crippen LogP contribution in [0.4, 0.5) is 13.2 Å². The molecule has 5 heteroatoms. The van der Waals surface area contributed by atoms with Crippen LogP contribution in [0.1, 0.15) is 5.56 Å². The van der Waals surface area contributed by atoms with Gasteiger partial charge in [0.25, 0.3) is 0 Å². The minimum absolute atomic E-state index is 0.538. The Bertz CT molecular complexity index is 1660. The highest BCUT2D eigenvalue weighted by molar-refractivity contribution is 5.78. The van der Waals surface area contributed by atoms with Gasteiger partial charge in [-0.05, 0) is 69.8 Å². The van der Waals surface area contributed by atoms with Crippen molar-refractivity contribution in [3.63, 3.8) is 0 Å². The molecular weight excluding hydrogens is 471 g/mol. The summed E-state index contributed by atoms with van der Waals surface area (Å²) in [5.74, 6) is 0.584. The van der Waals surface area contributed by atoms with Gasteiger partial charge in [-0.25, -0.2) is 4.98 Å². The number of hydrogen-bond donors (Lipinski definition) is 0. The summed E-state index contributed by atoms with van der Waals surface area (Å²) in [5.41, 5.74) is 7.23. The topological polar surface area (TPSA) is 26.0 Å². The second-order valence-electron chi connectivity index (χ2n) is 8.80. The zero-order valence-electron chi connectivity index (χ0n) is 19.5. The molecule has 0 aliphatic rings. The van der Waals surface area contributed by atoms with Crippen LogP contribution in [0.25, 0.3) is 55.9 Å². The number of halogens is 3. The molecule has 0 unspecified atom stereocenters. The Hall–Kier alpha value is -4.64. The Balaban J connectivity index is 1.24. The summed E-state index contributed by atoms with van der Waals surface area (Å²) in [6, 6.07) is 36.9. The average Bonchev–Trinajstić information content (AvgIpc) is 3.38. The molecule has 0 atom stereocenters. The summed E-state index contributed by atoms with van der Waals surface area (Å²) in [5, 5.41) is 0. The predicted octanol–water partition coefficient (Wildman–Crippen LogP) is 9.51. The molecule has 1 heterocycles. The Morgan fingerprint density at radius 1 is 0.486 bits per heavy atom. The van der Waals surface area contributed by atoms with Gasteiger partial charge in [-0.1, -0.05) is 84.9 Å². The lowest BCUT2D eigenvalue weighted by molar-refractivity contribution is -0.137. The van der Waals surface area contributed by atoms with E-state index in [4.69, 9.17) is 4.42 Å². The lowest BCUT2D eigenvalue weighted by Gasteiger charge is -2.10. The van der Waals surface area contributed by atoms with Crippen molar-refractivity contribution >= 4 is 11.1 Å². The molecule has 0 amide bonds. The van der Waals surface area contributed by atoms with Crippen molar-refractivity contribution in [3.8, 4) is 44.8 Å². The highest BCUT2D eigenvalue weighted by atomic mass is 19.4. The van der Waals surface area contributed by atoms with E-state index < -0.39 is 11.7 Å². The zero-order chi connectivity index (χ0) is 25.4. The number of hydrogen-bond acceptors (Lipinski definition) is 2. The van der Waals surface area contributed by atoms with Gasteiger partial charge >= 0.3 is 6.18 Å². The van der Waals surface area contributed by atoms with Gasteiger partial charge < -0.3 is 4.42 Å². The fraction of sp³-hybridized carbons (Fsp3) is 0.0312. The first-order chi connectivity index (χ1) is 17.9. The number of oxazole rings is 1. The van der Waals surface area contributed by atoms with Crippen LogP contribution in [0.2, 0.25) is 0 Å². The van der Waals surface area contributed by atoms with Crippen LogP contribution in [-0.4, -0.2) is 4.98 Å². The van der Waals surface area contributed by atoms with Crippen molar-refractivity contribution in [2.75, 3.05) is 0 Å². The molecular formula is C32H20F3NO. The first kappa shape index (κ1) is 22.8. The molecule has 0 aliphatic carbocycles. The number of aromatic nitrogens is 1. The molecule has 0 saturated carbocycles. The van der Waals surface area contributed by atoms with Gasteiger partial charge in [-0.15, -0.1) is 0 Å². The van der Waals surface area contributed by atoms with E-state index in [0.717, 1.165) is 50.5 Å². The van der Waals surface area contributed by atoms with Gasteiger partial charge in [-0.3, -0.25) is 0 Å². The van der Waals surface area contributed by atoms with Crippen LogP contribution < -0.4 is 0 Å². The van der Waals surface area contributed by atoms with E-state index >= 15 is 0 Å². The number of nitrogens with zero attached hydrogens (tertiary/aromatic N) is 1. The molecule has 0 spiro atoms. The molecule has 0 aliphatic heterocycles. The van der Waals surface area contributed by atoms with E-state index in [9.17, 15) is 13.2 Å². The molecule has 6 rings (SSSR count). The van der Waals surface area contributed by atoms with Crippen molar-refractivity contribution in [2.45, 2.75) is 6.18 Å². The van der Waals surface area contributed by atoms with Crippen LogP contribution in [0.15, 0.2) is 126 Å². The minimum atomic E-state index is -4.36. The lowest BCUT2D eigenvalue weighted by Crippen LogP contribution is -2.04. The monoisotopic (exact) mass is 491 g/mol. The van der Waals surface area contributed by atoms with E-state index in [-0.39, 0.29) is 0 Å². The largest absolute Gasteiger partial charge is 0.436 e. The first-order valence-electron chi connectivity index (χ1n) is 11.8. The molecule has 180 valence electrons. The number of benzene rings is 5. The van der Waals surface area contributed by atoms with Crippen LogP contribution in [-0.2, 0) is 6.18 Å². The van der Waals surface area contributed by atoms with E-state index in [1.165, 1.54) is 12.1 Å². The Morgan fingerprint density at radius 2 is 1.00 bits per heavy atom. The van der Waals surface area contributed by atoms with Crippen molar-refractivity contribution in [1.29, 1.82) is 0 Å². The lowest BCUT2D eigenvalue weighted by atomic mass is 9.97. The maximum Gasteiger partial charge on any atom is 0.416 e.